The van der Waals surface area contributed by atoms with Crippen LogP contribution in [-0.4, -0.2) is 16.9 Å². The van der Waals surface area contributed by atoms with Gasteiger partial charge in [0, 0.05) is 16.9 Å². The number of aliphatic hydroxyl groups is 1. The Morgan fingerprint density at radius 1 is 1.05 bits per heavy atom. The van der Waals surface area contributed by atoms with Gasteiger partial charge in [0.25, 0.3) is 0 Å². The molecule has 2 aromatic rings. The summed E-state index contributed by atoms with van der Waals surface area (Å²) in [7, 11) is 0. The lowest BCUT2D eigenvalue weighted by atomic mass is 9.63. The monoisotopic (exact) mass is 543 g/mol. The highest BCUT2D eigenvalue weighted by molar-refractivity contribution is 5.52. The molecular weight excluding hydrogens is 509 g/mol. The van der Waals surface area contributed by atoms with Crippen molar-refractivity contribution < 1.29 is 27.1 Å². The average molecular weight is 544 g/mol. The van der Waals surface area contributed by atoms with Crippen molar-refractivity contribution in [2.45, 2.75) is 82.5 Å². The van der Waals surface area contributed by atoms with Crippen LogP contribution < -0.4 is 5.73 Å². The molecule has 2 unspecified atom stereocenters. The number of rotatable bonds is 6. The summed E-state index contributed by atoms with van der Waals surface area (Å²) in [4.78, 5) is 0. The fourth-order valence-corrected chi connectivity index (χ4v) is 6.95. The number of allylic oxidation sites excluding steroid dienone is 5. The van der Waals surface area contributed by atoms with Crippen LogP contribution in [0.15, 0.2) is 76.9 Å². The number of hydrogen-bond donors (Lipinski definition) is 2. The van der Waals surface area contributed by atoms with Gasteiger partial charge in [-0.3, -0.25) is 0 Å². The maximum atomic E-state index is 14.4. The second-order valence-electron chi connectivity index (χ2n) is 11.6. The number of aryl methyl sites for hydroxylation is 1. The van der Waals surface area contributed by atoms with Crippen LogP contribution in [0.2, 0.25) is 0 Å². The van der Waals surface area contributed by atoms with E-state index in [4.69, 9.17) is 5.73 Å². The van der Waals surface area contributed by atoms with Crippen molar-refractivity contribution in [2.24, 2.45) is 11.1 Å². The van der Waals surface area contributed by atoms with Gasteiger partial charge in [-0.1, -0.05) is 54.5 Å². The summed E-state index contributed by atoms with van der Waals surface area (Å²) in [5.74, 6) is -1.04. The fraction of sp³-hybridized carbons (Fsp3) is 0.438. The maximum Gasteiger partial charge on any atom is 0.407 e. The Morgan fingerprint density at radius 3 is 2.46 bits per heavy atom. The van der Waals surface area contributed by atoms with Crippen LogP contribution in [0.1, 0.15) is 81.0 Å². The van der Waals surface area contributed by atoms with E-state index >= 15 is 0 Å². The van der Waals surface area contributed by atoms with Crippen LogP contribution in [0.25, 0.3) is 0 Å². The highest BCUT2D eigenvalue weighted by atomic mass is 19.4. The second kappa shape index (κ2) is 10.0. The van der Waals surface area contributed by atoms with Crippen LogP contribution >= 0.6 is 0 Å². The molecule has 3 aliphatic carbocycles. The lowest BCUT2D eigenvalue weighted by Crippen LogP contribution is -2.44. The topological polar surface area (TPSA) is 46.2 Å². The summed E-state index contributed by atoms with van der Waals surface area (Å²) in [6.45, 7) is 4.17. The SMILES string of the molecule is CC1=CC2=C(C=C3CC[C@@](O)(CCCc4cccc(F)c4[C@@H](N)C(F)(F)F)C3(C)C2)CC1c1ccc(F)cc1. The van der Waals surface area contributed by atoms with Crippen LogP contribution in [-0.2, 0) is 6.42 Å². The summed E-state index contributed by atoms with van der Waals surface area (Å²) in [6, 6.07) is 8.15. The zero-order valence-electron chi connectivity index (χ0n) is 22.2. The molecule has 0 bridgehead atoms. The largest absolute Gasteiger partial charge is 0.407 e. The van der Waals surface area contributed by atoms with Gasteiger partial charge in [-0.2, -0.15) is 13.2 Å². The van der Waals surface area contributed by atoms with E-state index < -0.39 is 34.6 Å². The van der Waals surface area contributed by atoms with Crippen LogP contribution in [0.3, 0.4) is 0 Å². The van der Waals surface area contributed by atoms with Crippen molar-refractivity contribution in [3.63, 3.8) is 0 Å². The molecule has 1 saturated carbocycles. The molecule has 2 aromatic carbocycles. The van der Waals surface area contributed by atoms with E-state index in [1.54, 1.807) is 0 Å². The third-order valence-corrected chi connectivity index (χ3v) is 9.34. The average Bonchev–Trinajstić information content (AvgIpc) is 3.11. The first-order valence-corrected chi connectivity index (χ1v) is 13.5. The lowest BCUT2D eigenvalue weighted by molar-refractivity contribution is -0.149. The third-order valence-electron chi connectivity index (χ3n) is 9.34. The Labute approximate surface area is 226 Å². The Balaban J connectivity index is 1.32. The van der Waals surface area contributed by atoms with Crippen molar-refractivity contribution in [2.75, 3.05) is 0 Å². The van der Waals surface area contributed by atoms with Gasteiger partial charge in [-0.15, -0.1) is 0 Å². The first-order chi connectivity index (χ1) is 18.3. The molecular formula is C32H34F5NO. The van der Waals surface area contributed by atoms with Gasteiger partial charge in [-0.05, 0) is 92.3 Å². The molecule has 39 heavy (non-hydrogen) atoms. The maximum absolute atomic E-state index is 14.4. The Bertz CT molecular complexity index is 1360. The van der Waals surface area contributed by atoms with Gasteiger partial charge < -0.3 is 10.8 Å². The van der Waals surface area contributed by atoms with Gasteiger partial charge >= 0.3 is 6.18 Å². The second-order valence-corrected chi connectivity index (χ2v) is 11.6. The standard InChI is InChI=1S/C32H34F5NO/c1-19-15-23-18-30(2)24(16-22(23)17-26(19)20-8-10-25(33)11-9-20)12-14-31(30,39)13-4-6-21-5-3-7-27(34)28(21)29(38)32(35,36)37/h3,5,7-11,15-16,26,29,39H,4,6,12-14,17-18,38H2,1-2H3/t26?,29-,30?,31+/m1/s1. The van der Waals surface area contributed by atoms with Crippen LogP contribution in [0.4, 0.5) is 22.0 Å². The molecule has 0 heterocycles. The predicted molar refractivity (Wildman–Crippen MR) is 142 cm³/mol. The number of nitrogens with two attached hydrogens (primary N) is 1. The summed E-state index contributed by atoms with van der Waals surface area (Å²) in [5.41, 5.74) is 9.50. The van der Waals surface area contributed by atoms with E-state index in [0.29, 0.717) is 25.7 Å². The molecule has 0 aromatic heterocycles. The van der Waals surface area contributed by atoms with E-state index in [0.717, 1.165) is 24.5 Å². The molecule has 0 amide bonds. The minimum atomic E-state index is -4.75. The van der Waals surface area contributed by atoms with Crippen LogP contribution in [0.5, 0.6) is 0 Å². The van der Waals surface area contributed by atoms with E-state index in [1.807, 2.05) is 12.1 Å². The molecule has 1 fully saturated rings. The Morgan fingerprint density at radius 2 is 1.77 bits per heavy atom. The number of alkyl halides is 3. The van der Waals surface area contributed by atoms with Gasteiger partial charge in [0.05, 0.1) is 5.60 Å². The molecule has 0 radical (unpaired) electrons. The van der Waals surface area contributed by atoms with Gasteiger partial charge in [0.2, 0.25) is 0 Å². The molecule has 7 heteroatoms. The van der Waals surface area contributed by atoms with Crippen molar-refractivity contribution in [3.8, 4) is 0 Å². The van der Waals surface area contributed by atoms with Gasteiger partial charge in [0.15, 0.2) is 0 Å². The fourth-order valence-electron chi connectivity index (χ4n) is 6.95. The molecule has 0 aliphatic heterocycles. The zero-order valence-corrected chi connectivity index (χ0v) is 22.2. The summed E-state index contributed by atoms with van der Waals surface area (Å²) in [5, 5.41) is 11.9. The van der Waals surface area contributed by atoms with E-state index in [1.165, 1.54) is 46.6 Å². The lowest BCUT2D eigenvalue weighted by Gasteiger charge is -2.44. The van der Waals surface area contributed by atoms with Crippen LogP contribution in [0, 0.1) is 17.0 Å². The molecule has 4 atom stereocenters. The van der Waals surface area contributed by atoms with E-state index in [2.05, 4.69) is 26.0 Å². The summed E-state index contributed by atoms with van der Waals surface area (Å²) < 4.78 is 67.8. The van der Waals surface area contributed by atoms with Gasteiger partial charge in [-0.25, -0.2) is 8.78 Å². The summed E-state index contributed by atoms with van der Waals surface area (Å²) >= 11 is 0. The van der Waals surface area contributed by atoms with Crippen molar-refractivity contribution in [3.05, 3.63) is 105 Å². The van der Waals surface area contributed by atoms with E-state index in [9.17, 15) is 27.1 Å². The number of benzene rings is 2. The van der Waals surface area contributed by atoms with E-state index in [-0.39, 0.29) is 23.7 Å². The zero-order chi connectivity index (χ0) is 28.2. The first kappa shape index (κ1) is 27.8. The molecule has 208 valence electrons. The third kappa shape index (κ3) is 5.00. The summed E-state index contributed by atoms with van der Waals surface area (Å²) in [6.07, 6.45) is 3.49. The minimum Gasteiger partial charge on any atom is -0.389 e. The Kier molecular flexibility index (Phi) is 7.13. The molecule has 5 rings (SSSR count). The smallest absolute Gasteiger partial charge is 0.389 e. The van der Waals surface area contributed by atoms with Gasteiger partial charge in [0.1, 0.15) is 17.7 Å². The normalized spacial score (nSPS) is 27.6. The van der Waals surface area contributed by atoms with Crippen molar-refractivity contribution in [1.82, 2.24) is 0 Å². The highest BCUT2D eigenvalue weighted by Crippen LogP contribution is 2.59. The first-order valence-electron chi connectivity index (χ1n) is 13.5. The molecule has 3 aliphatic rings. The minimum absolute atomic E-state index is 0.175. The molecule has 0 spiro atoms. The molecule has 2 nitrogen and oxygen atoms in total. The number of hydrogen-bond acceptors (Lipinski definition) is 2. The van der Waals surface area contributed by atoms with Crippen molar-refractivity contribution >= 4 is 0 Å². The Hall–Kier alpha value is -2.77. The van der Waals surface area contributed by atoms with Crippen molar-refractivity contribution in [1.29, 1.82) is 0 Å². The quantitative estimate of drug-likeness (QED) is 0.361. The highest BCUT2D eigenvalue weighted by Gasteiger charge is 2.54. The molecule has 3 N–H and O–H groups in total. The predicted octanol–water partition coefficient (Wildman–Crippen LogP) is 8.14. The number of halogens is 5. The molecule has 0 saturated heterocycles. The number of fused-ring (bicyclic) bond motifs is 1.